The molecule has 1 aliphatic carbocycles. The van der Waals surface area contributed by atoms with Gasteiger partial charge in [0.2, 0.25) is 0 Å². The Morgan fingerprint density at radius 3 is 2.30 bits per heavy atom. The van der Waals surface area contributed by atoms with Crippen LogP contribution in [0.1, 0.15) is 50.0 Å². The van der Waals surface area contributed by atoms with E-state index in [4.69, 9.17) is 0 Å². The van der Waals surface area contributed by atoms with Gasteiger partial charge in [0.1, 0.15) is 6.17 Å². The van der Waals surface area contributed by atoms with Crippen LogP contribution in [-0.4, -0.2) is 12.1 Å². The number of alkyl halides is 1. The predicted molar refractivity (Wildman–Crippen MR) is 79.4 cm³/mol. The molecular formula is C17H22FNO. The number of hydrogen-bond donors (Lipinski definition) is 1. The molecule has 0 aromatic heterocycles. The minimum atomic E-state index is -0.950. The molecule has 1 aromatic rings. The molecule has 2 rings (SSSR count). The highest BCUT2D eigenvalue weighted by molar-refractivity contribution is 5.95. The molecule has 2 nitrogen and oxygen atoms in total. The Kier molecular flexibility index (Phi) is 3.98. The second kappa shape index (κ2) is 5.39. The maximum Gasteiger partial charge on any atom is 0.255 e. The largest absolute Gasteiger partial charge is 0.326 e. The molecular weight excluding hydrogens is 253 g/mol. The zero-order valence-corrected chi connectivity index (χ0v) is 12.5. The van der Waals surface area contributed by atoms with Crippen molar-refractivity contribution in [3.8, 4) is 0 Å². The van der Waals surface area contributed by atoms with Gasteiger partial charge in [0.05, 0.1) is 0 Å². The lowest BCUT2D eigenvalue weighted by atomic mass is 9.87. The first kappa shape index (κ1) is 14.8. The fourth-order valence-electron chi connectivity index (χ4n) is 2.32. The average Bonchev–Trinajstić information content (AvgIpc) is 2.67. The topological polar surface area (TPSA) is 29.1 Å². The molecule has 20 heavy (non-hydrogen) atoms. The summed E-state index contributed by atoms with van der Waals surface area (Å²) in [6.45, 7) is 8.25. The van der Waals surface area contributed by atoms with Crippen LogP contribution in [0, 0.1) is 5.92 Å². The molecule has 0 radical (unpaired) electrons. The Labute approximate surface area is 120 Å². The van der Waals surface area contributed by atoms with Gasteiger partial charge in [-0.2, -0.15) is 0 Å². The van der Waals surface area contributed by atoms with Crippen LogP contribution in [0.2, 0.25) is 0 Å². The van der Waals surface area contributed by atoms with E-state index in [9.17, 15) is 9.18 Å². The highest BCUT2D eigenvalue weighted by Crippen LogP contribution is 2.26. The lowest BCUT2D eigenvalue weighted by Gasteiger charge is -2.19. The third-order valence-corrected chi connectivity index (χ3v) is 3.73. The number of carbonyl (C=O) groups excluding carboxylic acids is 1. The Hall–Kier alpha value is -1.64. The normalized spacial score (nSPS) is 22.6. The molecule has 0 saturated carbocycles. The van der Waals surface area contributed by atoms with E-state index in [0.717, 1.165) is 0 Å². The van der Waals surface area contributed by atoms with E-state index in [-0.39, 0.29) is 17.2 Å². The smallest absolute Gasteiger partial charge is 0.255 e. The summed E-state index contributed by atoms with van der Waals surface area (Å²) in [6, 6.07) is 7.58. The Morgan fingerprint density at radius 2 is 1.85 bits per heavy atom. The van der Waals surface area contributed by atoms with Gasteiger partial charge in [-0.05, 0) is 41.5 Å². The summed E-state index contributed by atoms with van der Waals surface area (Å²) in [6.07, 6.45) is 1.15. The van der Waals surface area contributed by atoms with E-state index >= 15 is 0 Å². The van der Waals surface area contributed by atoms with Gasteiger partial charge < -0.3 is 5.32 Å². The molecule has 1 amide bonds. The first-order valence-electron chi connectivity index (χ1n) is 7.04. The summed E-state index contributed by atoms with van der Waals surface area (Å²) >= 11 is 0. The number of nitrogens with one attached hydrogen (secondary N) is 1. The van der Waals surface area contributed by atoms with Crippen molar-refractivity contribution in [2.75, 3.05) is 0 Å². The fraction of sp³-hybridized carbons (Fsp3) is 0.471. The van der Waals surface area contributed by atoms with Crippen LogP contribution in [-0.2, 0) is 5.41 Å². The average molecular weight is 275 g/mol. The van der Waals surface area contributed by atoms with Gasteiger partial charge in [-0.1, -0.05) is 39.8 Å². The zero-order chi connectivity index (χ0) is 14.9. The maximum absolute atomic E-state index is 13.4. The molecule has 1 aliphatic rings. The fourth-order valence-corrected chi connectivity index (χ4v) is 2.32. The van der Waals surface area contributed by atoms with Gasteiger partial charge in [0.15, 0.2) is 0 Å². The van der Waals surface area contributed by atoms with E-state index < -0.39 is 6.17 Å². The van der Waals surface area contributed by atoms with Gasteiger partial charge in [-0.25, -0.2) is 4.39 Å². The van der Waals surface area contributed by atoms with Crippen molar-refractivity contribution in [2.24, 2.45) is 5.92 Å². The molecule has 2 unspecified atom stereocenters. The van der Waals surface area contributed by atoms with E-state index in [2.05, 4.69) is 26.1 Å². The van der Waals surface area contributed by atoms with Crippen molar-refractivity contribution in [1.82, 2.24) is 5.32 Å². The lowest BCUT2D eigenvalue weighted by Crippen LogP contribution is -2.22. The molecule has 2 atom stereocenters. The number of carbonyl (C=O) groups is 1. The number of hydrogen-bond acceptors (Lipinski definition) is 1. The first-order chi connectivity index (χ1) is 9.27. The summed E-state index contributed by atoms with van der Waals surface area (Å²) in [5.74, 6) is -0.216. The third-order valence-electron chi connectivity index (χ3n) is 3.73. The number of rotatable bonds is 2. The van der Waals surface area contributed by atoms with Crippen molar-refractivity contribution in [3.63, 3.8) is 0 Å². The highest BCUT2D eigenvalue weighted by Gasteiger charge is 2.24. The molecule has 0 saturated heterocycles. The molecule has 0 spiro atoms. The molecule has 3 heteroatoms. The van der Waals surface area contributed by atoms with E-state index in [1.54, 1.807) is 0 Å². The number of amides is 1. The van der Waals surface area contributed by atoms with E-state index in [1.807, 2.05) is 31.2 Å². The standard InChI is InChI=1S/C17H22FNO/c1-11-9-14(10-15(11)18)19-16(20)12-5-7-13(8-6-12)17(2,3)4/h5-8,10-11,15H,9H2,1-4H3,(H,19,20). The van der Waals surface area contributed by atoms with Crippen LogP contribution >= 0.6 is 0 Å². The monoisotopic (exact) mass is 275 g/mol. The number of halogens is 1. The van der Waals surface area contributed by atoms with Gasteiger partial charge in [0, 0.05) is 11.3 Å². The van der Waals surface area contributed by atoms with Crippen LogP contribution in [0.5, 0.6) is 0 Å². The van der Waals surface area contributed by atoms with Crippen LogP contribution in [0.4, 0.5) is 4.39 Å². The van der Waals surface area contributed by atoms with Crippen molar-refractivity contribution < 1.29 is 9.18 Å². The molecule has 0 aliphatic heterocycles. The van der Waals surface area contributed by atoms with E-state index in [0.29, 0.717) is 17.7 Å². The summed E-state index contributed by atoms with van der Waals surface area (Å²) in [5.41, 5.74) is 2.55. The molecule has 0 heterocycles. The Morgan fingerprint density at radius 1 is 1.25 bits per heavy atom. The van der Waals surface area contributed by atoms with Crippen LogP contribution in [0.25, 0.3) is 0 Å². The molecule has 0 bridgehead atoms. The first-order valence-corrected chi connectivity index (χ1v) is 7.04. The quantitative estimate of drug-likeness (QED) is 0.869. The van der Waals surface area contributed by atoms with Crippen molar-refractivity contribution in [1.29, 1.82) is 0 Å². The molecule has 1 aromatic carbocycles. The van der Waals surface area contributed by atoms with Crippen molar-refractivity contribution in [2.45, 2.75) is 45.7 Å². The summed E-state index contributed by atoms with van der Waals surface area (Å²) < 4.78 is 13.4. The minimum absolute atomic E-state index is 0.0476. The van der Waals surface area contributed by atoms with Gasteiger partial charge in [-0.3, -0.25) is 4.79 Å². The summed E-state index contributed by atoms with van der Waals surface area (Å²) in [5, 5.41) is 2.80. The van der Waals surface area contributed by atoms with Crippen LogP contribution in [0.15, 0.2) is 36.0 Å². The minimum Gasteiger partial charge on any atom is -0.326 e. The van der Waals surface area contributed by atoms with Crippen LogP contribution < -0.4 is 5.32 Å². The van der Waals surface area contributed by atoms with E-state index in [1.165, 1.54) is 11.6 Å². The second-order valence-corrected chi connectivity index (χ2v) is 6.60. The predicted octanol–water partition coefficient (Wildman–Crippen LogP) is 3.98. The Bertz CT molecular complexity index is 525. The SMILES string of the molecule is CC1CC(NC(=O)c2ccc(C(C)(C)C)cc2)=CC1F. The maximum atomic E-state index is 13.4. The molecule has 0 fully saturated rings. The van der Waals surface area contributed by atoms with Gasteiger partial charge in [0.25, 0.3) is 5.91 Å². The van der Waals surface area contributed by atoms with Gasteiger partial charge in [-0.15, -0.1) is 0 Å². The number of allylic oxidation sites excluding steroid dienone is 2. The lowest BCUT2D eigenvalue weighted by molar-refractivity contribution is 0.0964. The number of benzene rings is 1. The van der Waals surface area contributed by atoms with Crippen molar-refractivity contribution in [3.05, 3.63) is 47.2 Å². The second-order valence-electron chi connectivity index (χ2n) is 6.60. The van der Waals surface area contributed by atoms with Crippen molar-refractivity contribution >= 4 is 5.91 Å². The summed E-state index contributed by atoms with van der Waals surface area (Å²) in [7, 11) is 0. The Balaban J connectivity index is 2.05. The molecule has 108 valence electrons. The third kappa shape index (κ3) is 3.27. The summed E-state index contributed by atoms with van der Waals surface area (Å²) in [4.78, 5) is 12.1. The van der Waals surface area contributed by atoms with Gasteiger partial charge >= 0.3 is 0 Å². The zero-order valence-electron chi connectivity index (χ0n) is 12.5. The highest BCUT2D eigenvalue weighted by atomic mass is 19.1. The van der Waals surface area contributed by atoms with Crippen LogP contribution in [0.3, 0.4) is 0 Å². The molecule has 1 N–H and O–H groups in total.